The van der Waals surface area contributed by atoms with Crippen LogP contribution in [0.25, 0.3) is 0 Å². The van der Waals surface area contributed by atoms with Gasteiger partial charge in [0, 0.05) is 22.7 Å². The van der Waals surface area contributed by atoms with Crippen molar-refractivity contribution in [2.75, 3.05) is 5.32 Å². The third-order valence-corrected chi connectivity index (χ3v) is 3.41. The van der Waals surface area contributed by atoms with Crippen LogP contribution in [0.5, 0.6) is 0 Å². The van der Waals surface area contributed by atoms with Crippen LogP contribution in [-0.2, 0) is 0 Å². The van der Waals surface area contributed by atoms with E-state index in [1.165, 1.54) is 24.3 Å². The molecule has 0 heterocycles. The molecule has 21 heavy (non-hydrogen) atoms. The van der Waals surface area contributed by atoms with Crippen LogP contribution >= 0.6 is 23.2 Å². The molecule has 2 aromatic carbocycles. The van der Waals surface area contributed by atoms with Crippen LogP contribution in [0.2, 0.25) is 10.0 Å². The average molecular weight is 325 g/mol. The van der Waals surface area contributed by atoms with E-state index in [2.05, 4.69) is 5.32 Å². The second-order valence-electron chi connectivity index (χ2n) is 4.33. The first-order valence-corrected chi connectivity index (χ1v) is 6.65. The third kappa shape index (κ3) is 3.51. The molecule has 108 valence electrons. The molecule has 0 atom stereocenters. The minimum atomic E-state index is -0.511. The Balaban J connectivity index is 2.28. The van der Waals surface area contributed by atoms with Gasteiger partial charge in [0.2, 0.25) is 0 Å². The van der Waals surface area contributed by atoms with Crippen molar-refractivity contribution in [3.05, 3.63) is 67.7 Å². The summed E-state index contributed by atoms with van der Waals surface area (Å²) in [6.07, 6.45) is 0. The van der Waals surface area contributed by atoms with Crippen LogP contribution in [0.1, 0.15) is 15.9 Å². The van der Waals surface area contributed by atoms with E-state index in [9.17, 15) is 14.9 Å². The number of carbonyl (C=O) groups excluding carboxylic acids is 1. The van der Waals surface area contributed by atoms with Gasteiger partial charge in [-0.1, -0.05) is 23.2 Å². The molecule has 0 unspecified atom stereocenters. The average Bonchev–Trinajstić information content (AvgIpc) is 2.42. The van der Waals surface area contributed by atoms with Gasteiger partial charge in [-0.15, -0.1) is 0 Å². The van der Waals surface area contributed by atoms with E-state index in [4.69, 9.17) is 23.2 Å². The maximum Gasteiger partial charge on any atom is 0.269 e. The Morgan fingerprint density at radius 1 is 1.19 bits per heavy atom. The number of nitrogens with one attached hydrogen (secondary N) is 1. The fraction of sp³-hybridized carbons (Fsp3) is 0.0714. The Labute approximate surface area is 130 Å². The smallest absolute Gasteiger partial charge is 0.269 e. The highest BCUT2D eigenvalue weighted by Gasteiger charge is 2.14. The number of hydrogen-bond acceptors (Lipinski definition) is 3. The van der Waals surface area contributed by atoms with Gasteiger partial charge in [0.1, 0.15) is 0 Å². The number of nitro groups is 1. The lowest BCUT2D eigenvalue weighted by Crippen LogP contribution is -2.13. The Morgan fingerprint density at radius 3 is 2.52 bits per heavy atom. The van der Waals surface area contributed by atoms with Gasteiger partial charge in [-0.3, -0.25) is 14.9 Å². The highest BCUT2D eigenvalue weighted by atomic mass is 35.5. The molecule has 2 rings (SSSR count). The van der Waals surface area contributed by atoms with E-state index in [1.807, 2.05) is 0 Å². The topological polar surface area (TPSA) is 72.2 Å². The zero-order valence-electron chi connectivity index (χ0n) is 10.9. The summed E-state index contributed by atoms with van der Waals surface area (Å²) < 4.78 is 0. The standard InChI is InChI=1S/C14H10Cl2N2O3/c1-8-6-10(18(20)21)3-4-11(8)14(19)17-13-7-9(15)2-5-12(13)16/h2-7H,1H3,(H,17,19). The quantitative estimate of drug-likeness (QED) is 0.669. The van der Waals surface area contributed by atoms with E-state index in [-0.39, 0.29) is 5.69 Å². The van der Waals surface area contributed by atoms with Gasteiger partial charge < -0.3 is 5.32 Å². The number of aryl methyl sites for hydroxylation is 1. The molecule has 0 radical (unpaired) electrons. The molecule has 1 amide bonds. The number of hydrogen-bond donors (Lipinski definition) is 1. The first kappa shape index (κ1) is 15.3. The summed E-state index contributed by atoms with van der Waals surface area (Å²) in [5.41, 5.74) is 1.15. The molecule has 0 bridgehead atoms. The third-order valence-electron chi connectivity index (χ3n) is 2.84. The first-order chi connectivity index (χ1) is 9.88. The van der Waals surface area contributed by atoms with E-state index < -0.39 is 10.8 Å². The number of nitrogens with zero attached hydrogens (tertiary/aromatic N) is 1. The molecule has 0 saturated carbocycles. The number of carbonyl (C=O) groups is 1. The summed E-state index contributed by atoms with van der Waals surface area (Å²) in [5.74, 6) is -0.411. The maximum absolute atomic E-state index is 12.2. The molecule has 2 aromatic rings. The van der Waals surface area contributed by atoms with Gasteiger partial charge in [0.05, 0.1) is 15.6 Å². The molecule has 1 N–H and O–H groups in total. The maximum atomic E-state index is 12.2. The van der Waals surface area contributed by atoms with Crippen molar-refractivity contribution in [2.45, 2.75) is 6.92 Å². The van der Waals surface area contributed by atoms with Crippen LogP contribution in [0, 0.1) is 17.0 Å². The zero-order chi connectivity index (χ0) is 15.6. The fourth-order valence-electron chi connectivity index (χ4n) is 1.80. The lowest BCUT2D eigenvalue weighted by Gasteiger charge is -2.09. The van der Waals surface area contributed by atoms with Crippen molar-refractivity contribution in [1.82, 2.24) is 0 Å². The predicted molar refractivity (Wildman–Crippen MR) is 82.2 cm³/mol. The summed E-state index contributed by atoms with van der Waals surface area (Å²) in [5, 5.41) is 14.1. The number of nitro benzene ring substituents is 1. The minimum Gasteiger partial charge on any atom is -0.321 e. The van der Waals surface area contributed by atoms with Gasteiger partial charge in [-0.2, -0.15) is 0 Å². The van der Waals surface area contributed by atoms with Crippen molar-refractivity contribution >= 4 is 40.5 Å². The van der Waals surface area contributed by atoms with Crippen molar-refractivity contribution in [3.63, 3.8) is 0 Å². The summed E-state index contributed by atoms with van der Waals surface area (Å²) in [6, 6.07) is 8.73. The number of non-ortho nitro benzene ring substituents is 1. The number of halogens is 2. The largest absolute Gasteiger partial charge is 0.321 e. The molecule has 5 nitrogen and oxygen atoms in total. The lowest BCUT2D eigenvalue weighted by molar-refractivity contribution is -0.384. The number of benzene rings is 2. The molecule has 0 aromatic heterocycles. The predicted octanol–water partition coefficient (Wildman–Crippen LogP) is 4.46. The molecule has 0 aliphatic carbocycles. The van der Waals surface area contributed by atoms with Gasteiger partial charge >= 0.3 is 0 Å². The number of anilines is 1. The van der Waals surface area contributed by atoms with Crippen LogP contribution in [0.15, 0.2) is 36.4 Å². The first-order valence-electron chi connectivity index (χ1n) is 5.90. The molecule has 0 fully saturated rings. The second-order valence-corrected chi connectivity index (χ2v) is 5.18. The summed E-state index contributed by atoms with van der Waals surface area (Å²) in [6.45, 7) is 1.63. The molecule has 0 saturated heterocycles. The van der Waals surface area contributed by atoms with Gasteiger partial charge in [0.15, 0.2) is 0 Å². The summed E-state index contributed by atoms with van der Waals surface area (Å²) in [7, 11) is 0. The normalized spacial score (nSPS) is 10.2. The van der Waals surface area contributed by atoms with E-state index in [0.29, 0.717) is 26.9 Å². The van der Waals surface area contributed by atoms with Crippen LogP contribution in [-0.4, -0.2) is 10.8 Å². The zero-order valence-corrected chi connectivity index (χ0v) is 12.4. The highest BCUT2D eigenvalue weighted by molar-refractivity contribution is 6.35. The molecule has 0 aliphatic rings. The monoisotopic (exact) mass is 324 g/mol. The Hall–Kier alpha value is -2.11. The molecular weight excluding hydrogens is 315 g/mol. The van der Waals surface area contributed by atoms with Crippen molar-refractivity contribution in [1.29, 1.82) is 0 Å². The van der Waals surface area contributed by atoms with Gasteiger partial charge in [0.25, 0.3) is 11.6 Å². The SMILES string of the molecule is Cc1cc([N+](=O)[O-])ccc1C(=O)Nc1cc(Cl)ccc1Cl. The summed E-state index contributed by atoms with van der Waals surface area (Å²) >= 11 is 11.8. The van der Waals surface area contributed by atoms with Crippen LogP contribution in [0.3, 0.4) is 0 Å². The molecular formula is C14H10Cl2N2O3. The van der Waals surface area contributed by atoms with E-state index >= 15 is 0 Å². The van der Waals surface area contributed by atoms with E-state index in [0.717, 1.165) is 0 Å². The van der Waals surface area contributed by atoms with Crippen LogP contribution in [0.4, 0.5) is 11.4 Å². The van der Waals surface area contributed by atoms with Crippen molar-refractivity contribution in [2.24, 2.45) is 0 Å². The summed E-state index contributed by atoms with van der Waals surface area (Å²) in [4.78, 5) is 22.4. The Morgan fingerprint density at radius 2 is 1.90 bits per heavy atom. The van der Waals surface area contributed by atoms with Crippen molar-refractivity contribution < 1.29 is 9.72 Å². The highest BCUT2D eigenvalue weighted by Crippen LogP contribution is 2.26. The number of amides is 1. The second kappa shape index (κ2) is 6.11. The molecule has 7 heteroatoms. The Bertz CT molecular complexity index is 732. The minimum absolute atomic E-state index is 0.0650. The van der Waals surface area contributed by atoms with Gasteiger partial charge in [-0.25, -0.2) is 0 Å². The van der Waals surface area contributed by atoms with Gasteiger partial charge in [-0.05, 0) is 36.8 Å². The van der Waals surface area contributed by atoms with Crippen molar-refractivity contribution in [3.8, 4) is 0 Å². The van der Waals surface area contributed by atoms with E-state index in [1.54, 1.807) is 19.1 Å². The lowest BCUT2D eigenvalue weighted by atomic mass is 10.1. The molecule has 0 aliphatic heterocycles. The number of rotatable bonds is 3. The van der Waals surface area contributed by atoms with Crippen LogP contribution < -0.4 is 5.32 Å². The molecule has 0 spiro atoms. The fourth-order valence-corrected chi connectivity index (χ4v) is 2.14. The Kier molecular flexibility index (Phi) is 4.45.